The summed E-state index contributed by atoms with van der Waals surface area (Å²) >= 11 is 6.44. The number of nitrogens with one attached hydrogen (secondary N) is 4. The number of para-hydroxylation sites is 1. The molecule has 3 aliphatic rings. The number of pyridine rings is 1. The first-order valence-electron chi connectivity index (χ1n) is 13.1. The van der Waals surface area contributed by atoms with Gasteiger partial charge in [0.25, 0.3) is 5.91 Å². The average Bonchev–Trinajstić information content (AvgIpc) is 3.60. The first-order valence-corrected chi connectivity index (χ1v) is 13.5. The van der Waals surface area contributed by atoms with Crippen LogP contribution >= 0.6 is 11.6 Å². The number of hydrogen-bond acceptors (Lipinski definition) is 7. The maximum Gasteiger partial charge on any atom is 0.255 e. The van der Waals surface area contributed by atoms with Crippen molar-refractivity contribution in [1.82, 2.24) is 20.6 Å². The summed E-state index contributed by atoms with van der Waals surface area (Å²) in [6.45, 7) is 3.52. The topological polar surface area (TPSA) is 110 Å². The van der Waals surface area contributed by atoms with Crippen molar-refractivity contribution in [3.05, 3.63) is 52.9 Å². The smallest absolute Gasteiger partial charge is 0.255 e. The van der Waals surface area contributed by atoms with Gasteiger partial charge in [-0.15, -0.1) is 0 Å². The number of halogens is 1. The number of amides is 1. The third-order valence-electron chi connectivity index (χ3n) is 7.75. The second-order valence-electron chi connectivity index (χ2n) is 10.1. The van der Waals surface area contributed by atoms with Gasteiger partial charge >= 0.3 is 0 Å². The van der Waals surface area contributed by atoms with E-state index >= 15 is 0 Å². The van der Waals surface area contributed by atoms with Crippen LogP contribution in [0, 0.1) is 0 Å². The van der Waals surface area contributed by atoms with Gasteiger partial charge in [-0.05, 0) is 50.4 Å². The van der Waals surface area contributed by atoms with E-state index in [-0.39, 0.29) is 17.4 Å². The minimum Gasteiger partial charge on any atom is -0.493 e. The molecule has 4 N–H and O–H groups in total. The second-order valence-corrected chi connectivity index (χ2v) is 10.5. The Morgan fingerprint density at radius 3 is 2.97 bits per heavy atom. The summed E-state index contributed by atoms with van der Waals surface area (Å²) < 4.78 is 17.6. The van der Waals surface area contributed by atoms with E-state index in [0.29, 0.717) is 46.6 Å². The van der Waals surface area contributed by atoms with Crippen molar-refractivity contribution in [3.63, 3.8) is 0 Å². The molecule has 2 aromatic heterocycles. The van der Waals surface area contributed by atoms with E-state index in [1.807, 2.05) is 18.2 Å². The number of benzene rings is 1. The molecule has 1 amide bonds. The van der Waals surface area contributed by atoms with E-state index < -0.39 is 0 Å². The number of nitrogens with zero attached hydrogens (tertiary/aromatic N) is 1. The highest BCUT2D eigenvalue weighted by molar-refractivity contribution is 6.32. The SMILES string of the molecule is COc1c(Cl)cccc1Nc1c(-c2ccncc2OCC2CCCO2)[nH]c2c1C(=O)NC[C@]21CCCNC1. The van der Waals surface area contributed by atoms with Gasteiger partial charge in [0.05, 0.1) is 47.1 Å². The number of aromatic amines is 1. The molecule has 10 heteroatoms. The number of aromatic nitrogens is 2. The van der Waals surface area contributed by atoms with Gasteiger partial charge in [-0.25, -0.2) is 0 Å². The Morgan fingerprint density at radius 1 is 1.26 bits per heavy atom. The highest BCUT2D eigenvalue weighted by Gasteiger charge is 2.44. The number of piperidine rings is 1. The molecule has 0 bridgehead atoms. The summed E-state index contributed by atoms with van der Waals surface area (Å²) in [6.07, 6.45) is 7.52. The van der Waals surface area contributed by atoms with E-state index in [1.165, 1.54) is 0 Å². The fourth-order valence-corrected chi connectivity index (χ4v) is 6.07. The Morgan fingerprint density at radius 2 is 2.18 bits per heavy atom. The predicted octanol–water partition coefficient (Wildman–Crippen LogP) is 4.40. The lowest BCUT2D eigenvalue weighted by Gasteiger charge is -2.40. The Labute approximate surface area is 226 Å². The van der Waals surface area contributed by atoms with Crippen LogP contribution in [0.1, 0.15) is 41.7 Å². The molecule has 0 aliphatic carbocycles. The number of fused-ring (bicyclic) bond motifs is 2. The van der Waals surface area contributed by atoms with Crippen molar-refractivity contribution in [2.45, 2.75) is 37.2 Å². The summed E-state index contributed by atoms with van der Waals surface area (Å²) in [5, 5.41) is 10.7. The van der Waals surface area contributed by atoms with Crippen LogP contribution in [-0.4, -0.2) is 61.9 Å². The van der Waals surface area contributed by atoms with Gasteiger partial charge in [-0.3, -0.25) is 9.78 Å². The molecule has 5 heterocycles. The monoisotopic (exact) mass is 537 g/mol. The van der Waals surface area contributed by atoms with Crippen molar-refractivity contribution in [3.8, 4) is 22.8 Å². The summed E-state index contributed by atoms with van der Waals surface area (Å²) in [7, 11) is 1.58. The number of carbonyl (C=O) groups is 1. The third-order valence-corrected chi connectivity index (χ3v) is 8.05. The standard InChI is InChI=1S/C28H32ClN5O4/c1-36-25-19(29)6-2-7-20(25)33-24-22-26(28(16-32-27(22)35)9-4-10-31-15-28)34-23(24)18-8-11-30-13-21(18)38-14-17-5-3-12-37-17/h2,6-8,11,13,17,31,33-34H,3-5,9-10,12,14-16H2,1H3,(H,32,35)/t17?,28-/m1/s1. The van der Waals surface area contributed by atoms with Crippen LogP contribution in [0.5, 0.6) is 11.5 Å². The Hall–Kier alpha value is -3.27. The first kappa shape index (κ1) is 25.0. The molecule has 3 aliphatic heterocycles. The molecule has 38 heavy (non-hydrogen) atoms. The molecule has 3 aromatic rings. The highest BCUT2D eigenvalue weighted by Crippen LogP contribution is 2.47. The van der Waals surface area contributed by atoms with E-state index in [9.17, 15) is 4.79 Å². The molecule has 1 unspecified atom stereocenters. The van der Waals surface area contributed by atoms with Gasteiger partial charge in [-0.2, -0.15) is 0 Å². The average molecular weight is 538 g/mol. The zero-order chi connectivity index (χ0) is 26.1. The number of ether oxygens (including phenoxy) is 3. The zero-order valence-corrected chi connectivity index (χ0v) is 22.1. The lowest BCUT2D eigenvalue weighted by atomic mass is 9.74. The van der Waals surface area contributed by atoms with Crippen LogP contribution < -0.4 is 25.4 Å². The van der Waals surface area contributed by atoms with Gasteiger partial charge in [0, 0.05) is 42.6 Å². The molecule has 200 valence electrons. The van der Waals surface area contributed by atoms with Crippen molar-refractivity contribution < 1.29 is 19.0 Å². The van der Waals surface area contributed by atoms with Crippen molar-refractivity contribution >= 4 is 28.9 Å². The summed E-state index contributed by atoms with van der Waals surface area (Å²) in [6, 6.07) is 7.41. The van der Waals surface area contributed by atoms with Gasteiger partial charge in [0.1, 0.15) is 12.4 Å². The van der Waals surface area contributed by atoms with Crippen molar-refractivity contribution in [1.29, 1.82) is 0 Å². The van der Waals surface area contributed by atoms with Gasteiger partial charge in [-0.1, -0.05) is 17.7 Å². The fourth-order valence-electron chi connectivity index (χ4n) is 5.82. The molecule has 6 rings (SSSR count). The first-order chi connectivity index (χ1) is 18.6. The molecule has 1 aromatic carbocycles. The van der Waals surface area contributed by atoms with Crippen LogP contribution in [0.25, 0.3) is 11.3 Å². The molecule has 2 saturated heterocycles. The highest BCUT2D eigenvalue weighted by atomic mass is 35.5. The van der Waals surface area contributed by atoms with Crippen LogP contribution in [0.2, 0.25) is 5.02 Å². The summed E-state index contributed by atoms with van der Waals surface area (Å²) in [5.74, 6) is 1.00. The van der Waals surface area contributed by atoms with Gasteiger partial charge in [0.2, 0.25) is 0 Å². The Balaban J connectivity index is 1.49. The second kappa shape index (κ2) is 10.5. The lowest BCUT2D eigenvalue weighted by molar-refractivity contribution is 0.0680. The summed E-state index contributed by atoms with van der Waals surface area (Å²) in [5.41, 5.74) is 4.16. The number of hydrogen-bond donors (Lipinski definition) is 4. The third kappa shape index (κ3) is 4.48. The maximum atomic E-state index is 13.5. The van der Waals surface area contributed by atoms with Crippen LogP contribution in [0.15, 0.2) is 36.7 Å². The van der Waals surface area contributed by atoms with E-state index in [4.69, 9.17) is 25.8 Å². The number of carbonyl (C=O) groups excluding carboxylic acids is 1. The normalized spacial score (nSPS) is 22.7. The van der Waals surface area contributed by atoms with Gasteiger partial charge < -0.3 is 35.1 Å². The quantitative estimate of drug-likeness (QED) is 0.353. The zero-order valence-electron chi connectivity index (χ0n) is 21.4. The number of methoxy groups -OCH3 is 1. The minimum atomic E-state index is -0.236. The van der Waals surface area contributed by atoms with Crippen LogP contribution in [0.4, 0.5) is 11.4 Å². The fraction of sp³-hybridized carbons (Fsp3) is 0.429. The van der Waals surface area contributed by atoms with Crippen LogP contribution in [-0.2, 0) is 10.2 Å². The largest absolute Gasteiger partial charge is 0.493 e. The number of rotatable bonds is 7. The molecule has 2 fully saturated rings. The van der Waals surface area contributed by atoms with Crippen molar-refractivity contribution in [2.24, 2.45) is 0 Å². The van der Waals surface area contributed by atoms with E-state index in [2.05, 4.69) is 25.9 Å². The molecule has 9 nitrogen and oxygen atoms in total. The minimum absolute atomic E-state index is 0.0654. The predicted molar refractivity (Wildman–Crippen MR) is 146 cm³/mol. The molecular formula is C28H32ClN5O4. The summed E-state index contributed by atoms with van der Waals surface area (Å²) in [4.78, 5) is 21.5. The molecular weight excluding hydrogens is 506 g/mol. The number of anilines is 2. The molecule has 0 saturated carbocycles. The Bertz CT molecular complexity index is 1330. The molecule has 2 atom stereocenters. The lowest BCUT2D eigenvalue weighted by Crippen LogP contribution is -2.54. The molecule has 0 radical (unpaired) electrons. The number of H-pyrrole nitrogens is 1. The molecule has 1 spiro atoms. The van der Waals surface area contributed by atoms with Crippen molar-refractivity contribution in [2.75, 3.05) is 45.3 Å². The maximum absolute atomic E-state index is 13.5. The van der Waals surface area contributed by atoms with E-state index in [0.717, 1.165) is 62.3 Å². The van der Waals surface area contributed by atoms with Gasteiger partial charge in [0.15, 0.2) is 5.75 Å². The van der Waals surface area contributed by atoms with E-state index in [1.54, 1.807) is 25.6 Å². The Kier molecular flexibility index (Phi) is 6.90. The van der Waals surface area contributed by atoms with Crippen LogP contribution in [0.3, 0.4) is 0 Å².